The van der Waals surface area contributed by atoms with Crippen LogP contribution in [0.2, 0.25) is 0 Å². The number of rotatable bonds is 3. The summed E-state index contributed by atoms with van der Waals surface area (Å²) in [6.45, 7) is 6.66. The van der Waals surface area contributed by atoms with E-state index in [-0.39, 0.29) is 0 Å². The molecule has 1 atom stereocenters. The van der Waals surface area contributed by atoms with Crippen LogP contribution in [0, 0.1) is 5.92 Å². The van der Waals surface area contributed by atoms with Gasteiger partial charge in [-0.15, -0.1) is 0 Å². The lowest BCUT2D eigenvalue weighted by molar-refractivity contribution is 0.522. The van der Waals surface area contributed by atoms with Crippen LogP contribution in [-0.2, 0) is 0 Å². The monoisotopic (exact) mass is 177 g/mol. The Morgan fingerprint density at radius 2 is 1.85 bits per heavy atom. The quantitative estimate of drug-likeness (QED) is 0.626. The fourth-order valence-electron chi connectivity index (χ4n) is 1.59. The van der Waals surface area contributed by atoms with Gasteiger partial charge in [-0.05, 0) is 37.8 Å². The van der Waals surface area contributed by atoms with Gasteiger partial charge in [-0.2, -0.15) is 0 Å². The zero-order valence-corrected chi connectivity index (χ0v) is 8.83. The maximum Gasteiger partial charge on any atom is 0.0571 e. The van der Waals surface area contributed by atoms with Gasteiger partial charge in [0.05, 0.1) is 5.71 Å². The van der Waals surface area contributed by atoms with E-state index in [2.05, 4.69) is 50.1 Å². The van der Waals surface area contributed by atoms with Crippen LogP contribution in [0.25, 0.3) is 0 Å². The van der Waals surface area contributed by atoms with E-state index in [0.717, 1.165) is 18.1 Å². The van der Waals surface area contributed by atoms with E-state index in [1.807, 2.05) is 0 Å². The van der Waals surface area contributed by atoms with Crippen LogP contribution in [0.3, 0.4) is 0 Å². The first kappa shape index (κ1) is 10.2. The molecule has 1 aliphatic carbocycles. The van der Waals surface area contributed by atoms with Crippen molar-refractivity contribution >= 4 is 5.71 Å². The molecule has 0 aromatic carbocycles. The molecule has 0 aromatic heterocycles. The topological polar surface area (TPSA) is 12.4 Å². The van der Waals surface area contributed by atoms with Gasteiger partial charge in [0, 0.05) is 6.04 Å². The van der Waals surface area contributed by atoms with Crippen molar-refractivity contribution in [2.24, 2.45) is 10.9 Å². The molecule has 13 heavy (non-hydrogen) atoms. The second-order valence-electron chi connectivity index (χ2n) is 4.07. The Bertz CT molecular complexity index is 220. The Balaban J connectivity index is 2.48. The van der Waals surface area contributed by atoms with Gasteiger partial charge in [-0.3, -0.25) is 4.99 Å². The summed E-state index contributed by atoms with van der Waals surface area (Å²) in [6.07, 6.45) is 10.7. The minimum absolute atomic E-state index is 0.447. The molecule has 1 rings (SSSR count). The van der Waals surface area contributed by atoms with Gasteiger partial charge >= 0.3 is 0 Å². The maximum atomic E-state index is 4.62. The lowest BCUT2D eigenvalue weighted by Crippen LogP contribution is -2.06. The summed E-state index contributed by atoms with van der Waals surface area (Å²) in [5, 5.41) is 0. The van der Waals surface area contributed by atoms with Crippen LogP contribution in [0.1, 0.15) is 33.6 Å². The molecule has 0 aromatic rings. The van der Waals surface area contributed by atoms with Crippen molar-refractivity contribution < 1.29 is 0 Å². The van der Waals surface area contributed by atoms with E-state index in [4.69, 9.17) is 0 Å². The predicted molar refractivity (Wildman–Crippen MR) is 59.2 cm³/mol. The molecule has 0 N–H and O–H groups in total. The van der Waals surface area contributed by atoms with Crippen LogP contribution >= 0.6 is 0 Å². The van der Waals surface area contributed by atoms with Crippen LogP contribution < -0.4 is 0 Å². The minimum atomic E-state index is 0.447. The highest BCUT2D eigenvalue weighted by molar-refractivity contribution is 6.04. The number of nitrogens with zero attached hydrogens (tertiary/aromatic N) is 1. The molecule has 0 amide bonds. The fourth-order valence-corrected chi connectivity index (χ4v) is 1.59. The number of hydrogen-bond donors (Lipinski definition) is 0. The highest BCUT2D eigenvalue weighted by Gasteiger charge is 2.03. The first-order valence-electron chi connectivity index (χ1n) is 5.09. The van der Waals surface area contributed by atoms with Gasteiger partial charge in [0.25, 0.3) is 0 Å². The first-order valence-corrected chi connectivity index (χ1v) is 5.09. The van der Waals surface area contributed by atoms with Crippen LogP contribution in [0.5, 0.6) is 0 Å². The van der Waals surface area contributed by atoms with Gasteiger partial charge < -0.3 is 0 Å². The Morgan fingerprint density at radius 1 is 1.23 bits per heavy atom. The molecular weight excluding hydrogens is 158 g/mol. The van der Waals surface area contributed by atoms with Crippen molar-refractivity contribution in [2.45, 2.75) is 39.7 Å². The lowest BCUT2D eigenvalue weighted by atomic mass is 10.1. The molecule has 0 saturated carbocycles. The third-order valence-corrected chi connectivity index (χ3v) is 2.03. The standard InChI is InChI=1S/C12H19N/c1-10(2)9-11(3)13-12-7-5-4-6-8-12/h5-8,10-11H,4,9H2,1-3H3. The smallest absolute Gasteiger partial charge is 0.0571 e. The molecule has 0 aliphatic heterocycles. The zero-order chi connectivity index (χ0) is 9.68. The second-order valence-corrected chi connectivity index (χ2v) is 4.07. The molecule has 1 nitrogen and oxygen atoms in total. The summed E-state index contributed by atoms with van der Waals surface area (Å²) in [6, 6.07) is 0.447. The van der Waals surface area contributed by atoms with Crippen molar-refractivity contribution in [3.05, 3.63) is 24.3 Å². The normalized spacial score (nSPS) is 18.0. The van der Waals surface area contributed by atoms with Gasteiger partial charge in [-0.1, -0.05) is 26.0 Å². The van der Waals surface area contributed by atoms with Gasteiger partial charge in [0.2, 0.25) is 0 Å². The van der Waals surface area contributed by atoms with Crippen molar-refractivity contribution in [1.29, 1.82) is 0 Å². The number of allylic oxidation sites excluding steroid dienone is 4. The largest absolute Gasteiger partial charge is 0.282 e. The third kappa shape index (κ3) is 4.07. The number of aliphatic imine (C=N–C) groups is 1. The SMILES string of the molecule is CC(C)CC(C)N=C1C=CCC=C1. The summed E-state index contributed by atoms with van der Waals surface area (Å²) < 4.78 is 0. The van der Waals surface area contributed by atoms with E-state index in [0.29, 0.717) is 6.04 Å². The maximum absolute atomic E-state index is 4.62. The molecule has 1 aliphatic rings. The highest BCUT2D eigenvalue weighted by atomic mass is 14.8. The van der Waals surface area contributed by atoms with Gasteiger partial charge in [0.15, 0.2) is 0 Å². The van der Waals surface area contributed by atoms with E-state index in [9.17, 15) is 0 Å². The van der Waals surface area contributed by atoms with Crippen molar-refractivity contribution in [3.63, 3.8) is 0 Å². The van der Waals surface area contributed by atoms with Crippen LogP contribution in [0.15, 0.2) is 29.3 Å². The molecule has 0 heterocycles. The van der Waals surface area contributed by atoms with Gasteiger partial charge in [-0.25, -0.2) is 0 Å². The summed E-state index contributed by atoms with van der Waals surface area (Å²) in [7, 11) is 0. The lowest BCUT2D eigenvalue weighted by Gasteiger charge is -2.10. The average molecular weight is 177 g/mol. The highest BCUT2D eigenvalue weighted by Crippen LogP contribution is 2.09. The molecule has 0 radical (unpaired) electrons. The van der Waals surface area contributed by atoms with E-state index in [1.165, 1.54) is 6.42 Å². The minimum Gasteiger partial charge on any atom is -0.282 e. The Morgan fingerprint density at radius 3 is 2.38 bits per heavy atom. The summed E-state index contributed by atoms with van der Waals surface area (Å²) in [5.41, 5.74) is 1.12. The van der Waals surface area contributed by atoms with Crippen LogP contribution in [0.4, 0.5) is 0 Å². The van der Waals surface area contributed by atoms with E-state index >= 15 is 0 Å². The summed E-state index contributed by atoms with van der Waals surface area (Å²) in [4.78, 5) is 4.62. The molecule has 72 valence electrons. The Labute approximate surface area is 81.3 Å². The molecular formula is C12H19N. The molecule has 1 unspecified atom stereocenters. The molecule has 0 fully saturated rings. The van der Waals surface area contributed by atoms with Crippen LogP contribution in [-0.4, -0.2) is 11.8 Å². The van der Waals surface area contributed by atoms with Gasteiger partial charge in [0.1, 0.15) is 0 Å². The first-order chi connectivity index (χ1) is 6.18. The van der Waals surface area contributed by atoms with E-state index < -0.39 is 0 Å². The Kier molecular flexibility index (Phi) is 3.94. The van der Waals surface area contributed by atoms with Crippen molar-refractivity contribution in [1.82, 2.24) is 0 Å². The van der Waals surface area contributed by atoms with Crippen molar-refractivity contribution in [2.75, 3.05) is 0 Å². The Hall–Kier alpha value is -0.850. The summed E-state index contributed by atoms with van der Waals surface area (Å²) >= 11 is 0. The zero-order valence-electron chi connectivity index (χ0n) is 8.83. The summed E-state index contributed by atoms with van der Waals surface area (Å²) in [5.74, 6) is 0.732. The molecule has 0 saturated heterocycles. The molecule has 0 spiro atoms. The molecule has 1 heteroatoms. The second kappa shape index (κ2) is 5.00. The number of hydrogen-bond acceptors (Lipinski definition) is 1. The van der Waals surface area contributed by atoms with E-state index in [1.54, 1.807) is 0 Å². The average Bonchev–Trinajstić information content (AvgIpc) is 2.04. The van der Waals surface area contributed by atoms with Crippen molar-refractivity contribution in [3.8, 4) is 0 Å². The fraction of sp³-hybridized carbons (Fsp3) is 0.583. The molecule has 0 bridgehead atoms. The third-order valence-electron chi connectivity index (χ3n) is 2.03. The predicted octanol–water partition coefficient (Wildman–Crippen LogP) is 3.38.